The molecule has 1 aliphatic rings. The van der Waals surface area contributed by atoms with Gasteiger partial charge in [-0.1, -0.05) is 44.2 Å². The molecule has 3 rings (SSSR count). The summed E-state index contributed by atoms with van der Waals surface area (Å²) in [6.45, 7) is 17.6. The lowest BCUT2D eigenvalue weighted by molar-refractivity contribution is 0.0227. The van der Waals surface area contributed by atoms with Crippen molar-refractivity contribution >= 4 is 5.91 Å². The molecular weight excluding hydrogens is 388 g/mol. The molecule has 1 unspecified atom stereocenters. The zero-order valence-electron chi connectivity index (χ0n) is 20.0. The van der Waals surface area contributed by atoms with Gasteiger partial charge in [0.2, 0.25) is 0 Å². The van der Waals surface area contributed by atoms with E-state index in [1.165, 1.54) is 0 Å². The third-order valence-electron chi connectivity index (χ3n) is 5.80. The van der Waals surface area contributed by atoms with E-state index in [9.17, 15) is 4.79 Å². The normalized spacial score (nSPS) is 16.5. The van der Waals surface area contributed by atoms with Crippen LogP contribution in [0.25, 0.3) is 0 Å². The molecule has 31 heavy (non-hydrogen) atoms. The predicted octanol–water partition coefficient (Wildman–Crippen LogP) is 4.12. The maximum atomic E-state index is 13.8. The van der Waals surface area contributed by atoms with Crippen molar-refractivity contribution in [3.05, 3.63) is 53.3 Å². The Morgan fingerprint density at radius 2 is 1.77 bits per heavy atom. The highest BCUT2D eigenvalue weighted by Gasteiger charge is 2.29. The van der Waals surface area contributed by atoms with Gasteiger partial charge in [-0.05, 0) is 45.2 Å². The molecule has 1 atom stereocenters. The summed E-state index contributed by atoms with van der Waals surface area (Å²) in [5, 5.41) is 4.79. The molecule has 0 spiro atoms. The molecule has 2 heterocycles. The average Bonchev–Trinajstić information content (AvgIpc) is 3.19. The molecule has 0 aliphatic carbocycles. The molecule has 1 fully saturated rings. The summed E-state index contributed by atoms with van der Waals surface area (Å²) >= 11 is 0. The van der Waals surface area contributed by atoms with Crippen molar-refractivity contribution in [2.24, 2.45) is 0 Å². The lowest BCUT2D eigenvalue weighted by Gasteiger charge is -2.35. The van der Waals surface area contributed by atoms with Crippen molar-refractivity contribution in [1.29, 1.82) is 0 Å². The SMILES string of the molecule is CC(C)c1cc(C(=O)N(Cc2ccccc2)C(C)CN2CCOCC2)nn1C(C)(C)C. The van der Waals surface area contributed by atoms with Crippen molar-refractivity contribution in [2.75, 3.05) is 32.8 Å². The van der Waals surface area contributed by atoms with Crippen LogP contribution in [0.1, 0.15) is 69.2 Å². The third-order valence-corrected chi connectivity index (χ3v) is 5.80. The maximum Gasteiger partial charge on any atom is 0.274 e. The molecule has 0 N–H and O–H groups in total. The molecular formula is C25H38N4O2. The van der Waals surface area contributed by atoms with Crippen LogP contribution in [0.15, 0.2) is 36.4 Å². The smallest absolute Gasteiger partial charge is 0.274 e. The van der Waals surface area contributed by atoms with E-state index in [4.69, 9.17) is 9.84 Å². The van der Waals surface area contributed by atoms with Crippen LogP contribution < -0.4 is 0 Å². The summed E-state index contributed by atoms with van der Waals surface area (Å²) in [7, 11) is 0. The van der Waals surface area contributed by atoms with Crippen LogP contribution in [-0.2, 0) is 16.8 Å². The summed E-state index contributed by atoms with van der Waals surface area (Å²) in [5.41, 5.74) is 2.57. The van der Waals surface area contributed by atoms with Gasteiger partial charge in [-0.3, -0.25) is 14.4 Å². The molecule has 6 nitrogen and oxygen atoms in total. The molecule has 170 valence electrons. The maximum absolute atomic E-state index is 13.8. The first-order valence-corrected chi connectivity index (χ1v) is 11.4. The van der Waals surface area contributed by atoms with E-state index in [0.717, 1.165) is 44.1 Å². The number of hydrogen-bond donors (Lipinski definition) is 0. The molecule has 1 aromatic heterocycles. The van der Waals surface area contributed by atoms with Gasteiger partial charge in [-0.25, -0.2) is 0 Å². The van der Waals surface area contributed by atoms with Gasteiger partial charge in [0.25, 0.3) is 5.91 Å². The fraction of sp³-hybridized carbons (Fsp3) is 0.600. The monoisotopic (exact) mass is 426 g/mol. The quantitative estimate of drug-likeness (QED) is 0.668. The third kappa shape index (κ3) is 5.95. The minimum Gasteiger partial charge on any atom is -0.379 e. The first-order chi connectivity index (χ1) is 14.7. The number of carbonyl (C=O) groups excluding carboxylic acids is 1. The summed E-state index contributed by atoms with van der Waals surface area (Å²) in [6, 6.07) is 12.3. The fourth-order valence-corrected chi connectivity index (χ4v) is 4.06. The molecule has 0 bridgehead atoms. The number of nitrogens with zero attached hydrogens (tertiary/aromatic N) is 4. The van der Waals surface area contributed by atoms with E-state index in [-0.39, 0.29) is 17.5 Å². The summed E-state index contributed by atoms with van der Waals surface area (Å²) in [5.74, 6) is 0.288. The van der Waals surface area contributed by atoms with Gasteiger partial charge in [0, 0.05) is 37.9 Å². The number of rotatable bonds is 7. The second-order valence-corrected chi connectivity index (χ2v) is 9.87. The van der Waals surface area contributed by atoms with Crippen LogP contribution in [-0.4, -0.2) is 64.4 Å². The van der Waals surface area contributed by atoms with Gasteiger partial charge in [0.1, 0.15) is 0 Å². The first kappa shape index (κ1) is 23.5. The Bertz CT molecular complexity index is 848. The van der Waals surface area contributed by atoms with Gasteiger partial charge in [0.15, 0.2) is 5.69 Å². The molecule has 6 heteroatoms. The Morgan fingerprint density at radius 1 is 1.13 bits per heavy atom. The van der Waals surface area contributed by atoms with E-state index >= 15 is 0 Å². The summed E-state index contributed by atoms with van der Waals surface area (Å²) < 4.78 is 7.50. The van der Waals surface area contributed by atoms with Gasteiger partial charge in [-0.2, -0.15) is 5.10 Å². The highest BCUT2D eigenvalue weighted by atomic mass is 16.5. The average molecular weight is 427 g/mol. The van der Waals surface area contributed by atoms with Gasteiger partial charge in [-0.15, -0.1) is 0 Å². The van der Waals surface area contributed by atoms with E-state index in [1.807, 2.05) is 33.8 Å². The summed E-state index contributed by atoms with van der Waals surface area (Å²) in [6.07, 6.45) is 0. The zero-order chi connectivity index (χ0) is 22.6. The standard InChI is InChI=1S/C25H38N4O2/c1-19(2)23-16-22(26-29(23)25(4,5)6)24(30)28(18-21-10-8-7-9-11-21)20(3)17-27-12-14-31-15-13-27/h7-11,16,19-20H,12-15,17-18H2,1-6H3. The van der Waals surface area contributed by atoms with E-state index in [0.29, 0.717) is 18.2 Å². The van der Waals surface area contributed by atoms with Crippen LogP contribution in [0.2, 0.25) is 0 Å². The van der Waals surface area contributed by atoms with Crippen molar-refractivity contribution < 1.29 is 9.53 Å². The minimum atomic E-state index is -0.179. The Kier molecular flexibility index (Phi) is 7.55. The van der Waals surface area contributed by atoms with Crippen LogP contribution >= 0.6 is 0 Å². The Hall–Kier alpha value is -2.18. The number of benzene rings is 1. The van der Waals surface area contributed by atoms with Gasteiger partial charge in [0.05, 0.1) is 18.8 Å². The number of carbonyl (C=O) groups is 1. The van der Waals surface area contributed by atoms with Crippen molar-refractivity contribution in [3.8, 4) is 0 Å². The second kappa shape index (κ2) is 9.96. The Morgan fingerprint density at radius 3 is 2.32 bits per heavy atom. The molecule has 0 saturated carbocycles. The fourth-order valence-electron chi connectivity index (χ4n) is 4.06. The molecule has 2 aromatic rings. The topological polar surface area (TPSA) is 50.6 Å². The molecule has 1 aliphatic heterocycles. The summed E-state index contributed by atoms with van der Waals surface area (Å²) in [4.78, 5) is 18.1. The highest BCUT2D eigenvalue weighted by molar-refractivity contribution is 5.92. The van der Waals surface area contributed by atoms with Gasteiger partial charge >= 0.3 is 0 Å². The first-order valence-electron chi connectivity index (χ1n) is 11.4. The van der Waals surface area contributed by atoms with Gasteiger partial charge < -0.3 is 9.64 Å². The largest absolute Gasteiger partial charge is 0.379 e. The number of hydrogen-bond acceptors (Lipinski definition) is 4. The van der Waals surface area contributed by atoms with E-state index in [2.05, 4.69) is 58.6 Å². The molecule has 1 amide bonds. The van der Waals surface area contributed by atoms with Crippen LogP contribution in [0, 0.1) is 0 Å². The lowest BCUT2D eigenvalue weighted by atomic mass is 10.1. The Labute approximate surface area is 187 Å². The highest BCUT2D eigenvalue weighted by Crippen LogP contribution is 2.25. The lowest BCUT2D eigenvalue weighted by Crippen LogP contribution is -2.48. The Balaban J connectivity index is 1.89. The number of aromatic nitrogens is 2. The number of morpholine rings is 1. The van der Waals surface area contributed by atoms with Crippen LogP contribution in [0.3, 0.4) is 0 Å². The predicted molar refractivity (Wildman–Crippen MR) is 124 cm³/mol. The minimum absolute atomic E-state index is 0.00508. The molecule has 1 saturated heterocycles. The molecule has 0 radical (unpaired) electrons. The number of ether oxygens (including phenoxy) is 1. The van der Waals surface area contributed by atoms with E-state index < -0.39 is 0 Å². The van der Waals surface area contributed by atoms with E-state index in [1.54, 1.807) is 0 Å². The number of amides is 1. The van der Waals surface area contributed by atoms with Crippen LogP contribution in [0.4, 0.5) is 0 Å². The second-order valence-electron chi connectivity index (χ2n) is 9.87. The van der Waals surface area contributed by atoms with Crippen molar-refractivity contribution in [2.45, 2.75) is 65.6 Å². The molecule has 1 aromatic carbocycles. The van der Waals surface area contributed by atoms with Crippen LogP contribution in [0.5, 0.6) is 0 Å². The van der Waals surface area contributed by atoms with Crippen molar-refractivity contribution in [1.82, 2.24) is 19.6 Å². The van der Waals surface area contributed by atoms with Crippen molar-refractivity contribution in [3.63, 3.8) is 0 Å². The zero-order valence-corrected chi connectivity index (χ0v) is 20.0.